The molecule has 0 saturated carbocycles. The number of pyridine rings is 2. The molecule has 1 amide bonds. The Hall–Kier alpha value is -4.31. The van der Waals surface area contributed by atoms with E-state index < -0.39 is 21.7 Å². The molecule has 4 aromatic rings. The van der Waals surface area contributed by atoms with E-state index in [0.717, 1.165) is 28.8 Å². The van der Waals surface area contributed by atoms with E-state index in [2.05, 4.69) is 9.97 Å². The number of rotatable bonds is 6. The molecular formula is C27H30FN3O5S. The van der Waals surface area contributed by atoms with Gasteiger partial charge in [0.25, 0.3) is 15.9 Å². The first kappa shape index (κ1) is 25.8. The molecule has 0 atom stereocenters. The van der Waals surface area contributed by atoms with Gasteiger partial charge in [-0.2, -0.15) is 8.42 Å². The number of ether oxygens (including phenoxy) is 1. The zero-order valence-corrected chi connectivity index (χ0v) is 21.4. The van der Waals surface area contributed by atoms with Crippen LogP contribution in [0.4, 0.5) is 4.39 Å². The summed E-state index contributed by atoms with van der Waals surface area (Å²) in [5, 5.41) is 9.93. The summed E-state index contributed by atoms with van der Waals surface area (Å²) >= 11 is 0. The van der Waals surface area contributed by atoms with Gasteiger partial charge in [0.15, 0.2) is 5.03 Å². The van der Waals surface area contributed by atoms with Gasteiger partial charge in [-0.25, -0.2) is 19.1 Å². The number of phenolic OH excluding ortho intramolecular Hbond substituents is 1. The molecule has 0 bridgehead atoms. The Morgan fingerprint density at radius 2 is 1.68 bits per heavy atom. The first-order chi connectivity index (χ1) is 17.4. The zero-order chi connectivity index (χ0) is 26.9. The van der Waals surface area contributed by atoms with Crippen LogP contribution in [-0.2, 0) is 10.0 Å². The van der Waals surface area contributed by atoms with Crippen molar-refractivity contribution < 1.29 is 31.7 Å². The maximum Gasteiger partial charge on any atom is 0.281 e. The molecule has 0 aliphatic heterocycles. The summed E-state index contributed by atoms with van der Waals surface area (Å²) in [5.41, 5.74) is 3.25. The van der Waals surface area contributed by atoms with Gasteiger partial charge in [0, 0.05) is 21.6 Å². The van der Waals surface area contributed by atoms with Crippen LogP contribution in [0.1, 0.15) is 37.0 Å². The number of hydrogen-bond donors (Lipinski definition) is 2. The second-order valence-corrected chi connectivity index (χ2v) is 10.2. The number of hydrogen-bond acceptors (Lipinski definition) is 7. The zero-order valence-electron chi connectivity index (χ0n) is 20.5. The molecule has 37 heavy (non-hydrogen) atoms. The highest BCUT2D eigenvalue weighted by Crippen LogP contribution is 2.34. The number of nitrogens with zero attached hydrogens (tertiary/aromatic N) is 2. The summed E-state index contributed by atoms with van der Waals surface area (Å²) in [6.45, 7) is 7.23. The number of aromatic nitrogens is 2. The number of benzene rings is 2. The van der Waals surface area contributed by atoms with E-state index in [-0.39, 0.29) is 37.8 Å². The van der Waals surface area contributed by atoms with Crippen LogP contribution in [0.25, 0.3) is 11.3 Å². The molecule has 2 heterocycles. The minimum Gasteiger partial charge on any atom is -0.507 e. The highest BCUT2D eigenvalue weighted by Gasteiger charge is 2.25. The van der Waals surface area contributed by atoms with Gasteiger partial charge in [-0.3, -0.25) is 4.79 Å². The van der Waals surface area contributed by atoms with E-state index in [4.69, 9.17) is 4.74 Å². The van der Waals surface area contributed by atoms with Gasteiger partial charge in [0.1, 0.15) is 22.9 Å². The fraction of sp³-hybridized carbons (Fsp3) is 0.148. The number of amides is 1. The molecule has 0 aliphatic carbocycles. The van der Waals surface area contributed by atoms with Crippen molar-refractivity contribution in [2.24, 2.45) is 0 Å². The number of carbonyl (C=O) groups is 1. The summed E-state index contributed by atoms with van der Waals surface area (Å²) in [4.78, 5) is 21.5. The summed E-state index contributed by atoms with van der Waals surface area (Å²) in [6, 6.07) is 14.4. The number of halogens is 1. The average molecular weight is 528 g/mol. The summed E-state index contributed by atoms with van der Waals surface area (Å²) in [5.74, 6) is -1.72. The van der Waals surface area contributed by atoms with Gasteiger partial charge in [-0.05, 0) is 75.2 Å². The van der Waals surface area contributed by atoms with Crippen LogP contribution < -0.4 is 9.46 Å². The largest absolute Gasteiger partial charge is 0.507 e. The van der Waals surface area contributed by atoms with E-state index in [9.17, 15) is 22.7 Å². The molecule has 196 valence electrons. The molecule has 0 radical (unpaired) electrons. The molecule has 4 rings (SSSR count). The molecular weight excluding hydrogens is 497 g/mol. The molecule has 2 N–H and O–H groups in total. The second kappa shape index (κ2) is 9.98. The Morgan fingerprint density at radius 1 is 0.973 bits per heavy atom. The number of phenols is 1. The van der Waals surface area contributed by atoms with Crippen LogP contribution in [0.5, 0.6) is 17.4 Å². The second-order valence-electron chi connectivity index (χ2n) is 8.59. The van der Waals surface area contributed by atoms with E-state index >= 15 is 0 Å². The highest BCUT2D eigenvalue weighted by molar-refractivity contribution is 7.90. The lowest BCUT2D eigenvalue weighted by Crippen LogP contribution is -2.31. The molecule has 8 nitrogen and oxygen atoms in total. The number of nitrogens with one attached hydrogen (secondary N) is 1. The van der Waals surface area contributed by atoms with E-state index in [0.29, 0.717) is 11.4 Å². The first-order valence-electron chi connectivity index (χ1n) is 11.2. The number of aryl methyl sites for hydroxylation is 4. The van der Waals surface area contributed by atoms with Gasteiger partial charge < -0.3 is 9.84 Å². The van der Waals surface area contributed by atoms with Crippen LogP contribution in [0.2, 0.25) is 0 Å². The third kappa shape index (κ3) is 5.59. The lowest BCUT2D eigenvalue weighted by Gasteiger charge is -2.16. The van der Waals surface area contributed by atoms with Crippen LogP contribution in [0, 0.1) is 33.5 Å². The van der Waals surface area contributed by atoms with Gasteiger partial charge >= 0.3 is 0 Å². The van der Waals surface area contributed by atoms with Crippen molar-refractivity contribution in [1.29, 1.82) is 0 Å². The molecule has 0 saturated heterocycles. The van der Waals surface area contributed by atoms with Crippen molar-refractivity contribution >= 4 is 15.9 Å². The summed E-state index contributed by atoms with van der Waals surface area (Å²) in [7, 11) is -4.29. The van der Waals surface area contributed by atoms with Crippen LogP contribution in [0.15, 0.2) is 65.7 Å². The topological polar surface area (TPSA) is 118 Å². The van der Waals surface area contributed by atoms with Crippen LogP contribution >= 0.6 is 0 Å². The number of sulfonamides is 1. The van der Waals surface area contributed by atoms with Crippen LogP contribution in [0.3, 0.4) is 0 Å². The fourth-order valence-electron chi connectivity index (χ4n) is 3.88. The maximum atomic E-state index is 13.5. The first-order valence-corrected chi connectivity index (χ1v) is 12.7. The summed E-state index contributed by atoms with van der Waals surface area (Å²) in [6.07, 6.45) is 0. The Kier molecular flexibility index (Phi) is 6.95. The predicted octanol–water partition coefficient (Wildman–Crippen LogP) is 5.87. The quantitative estimate of drug-likeness (QED) is 0.322. The van der Waals surface area contributed by atoms with Gasteiger partial charge in [0.05, 0.1) is 5.69 Å². The predicted molar refractivity (Wildman–Crippen MR) is 142 cm³/mol. The van der Waals surface area contributed by atoms with E-state index in [1.165, 1.54) is 30.3 Å². The molecule has 0 spiro atoms. The van der Waals surface area contributed by atoms with Crippen LogP contribution in [-0.4, -0.2) is 29.4 Å². The smallest absolute Gasteiger partial charge is 0.281 e. The van der Waals surface area contributed by atoms with Gasteiger partial charge in [-0.15, -0.1) is 0 Å². The minimum absolute atomic E-state index is 0. The maximum absolute atomic E-state index is 13.5. The highest BCUT2D eigenvalue weighted by atomic mass is 32.2. The van der Waals surface area contributed by atoms with E-state index in [1.54, 1.807) is 13.0 Å². The van der Waals surface area contributed by atoms with Crippen molar-refractivity contribution in [2.75, 3.05) is 0 Å². The average Bonchev–Trinajstić information content (AvgIpc) is 2.81. The monoisotopic (exact) mass is 527 g/mol. The Labute approximate surface area is 218 Å². The molecule has 0 aliphatic rings. The lowest BCUT2D eigenvalue weighted by molar-refractivity contribution is 0.0978. The Bertz CT molecular complexity index is 1630. The van der Waals surface area contributed by atoms with Gasteiger partial charge in [-0.1, -0.05) is 23.8 Å². The van der Waals surface area contributed by atoms with Crippen molar-refractivity contribution in [2.45, 2.75) is 32.7 Å². The standard InChI is InChI=1S/C27H24FN3O5S.3H2/c1-15-12-16(2)25(17(3)13-15)36-27-21(10-11-22(30-27)20-9-8-19(28)14-23(20)32)26(33)31-37(34,35)24-7-5-6-18(4)29-24;;;/h5-14,32H,1-4H3,(H,31,33);3*1H. The molecule has 2 aromatic carbocycles. The van der Waals surface area contributed by atoms with Crippen molar-refractivity contribution in [3.05, 3.63) is 94.4 Å². The van der Waals surface area contributed by atoms with Crippen molar-refractivity contribution in [1.82, 2.24) is 14.7 Å². The Morgan fingerprint density at radius 3 is 2.32 bits per heavy atom. The summed E-state index contributed by atoms with van der Waals surface area (Å²) < 4.78 is 47.3. The molecule has 10 heteroatoms. The fourth-order valence-corrected chi connectivity index (χ4v) is 4.86. The van der Waals surface area contributed by atoms with E-state index in [1.807, 2.05) is 37.6 Å². The number of carbonyl (C=O) groups excluding carboxylic acids is 1. The van der Waals surface area contributed by atoms with Crippen molar-refractivity contribution in [3.63, 3.8) is 0 Å². The SMILES string of the molecule is Cc1cc(C)c(Oc2nc(-c3ccc(F)cc3O)ccc2C(=O)NS(=O)(=O)c2cccc(C)n2)c(C)c1.[HH].[HH].[HH]. The molecule has 0 fully saturated rings. The minimum atomic E-state index is -4.29. The third-order valence-corrected chi connectivity index (χ3v) is 6.74. The van der Waals surface area contributed by atoms with Gasteiger partial charge in [0.2, 0.25) is 5.88 Å². The number of aromatic hydroxyl groups is 1. The normalized spacial score (nSPS) is 11.3. The third-order valence-electron chi connectivity index (χ3n) is 5.51. The Balaban J connectivity index is 0.00000267. The van der Waals surface area contributed by atoms with Crippen molar-refractivity contribution in [3.8, 4) is 28.6 Å². The molecule has 0 unspecified atom stereocenters. The lowest BCUT2D eigenvalue weighted by atomic mass is 10.1. The molecule has 2 aromatic heterocycles.